The van der Waals surface area contributed by atoms with Crippen molar-refractivity contribution < 1.29 is 19.4 Å². The SMILES string of the molecule is CCN(CC1CCCO1)C(=O)N1CCCC(CC(=O)O)C1. The van der Waals surface area contributed by atoms with Crippen molar-refractivity contribution in [3.63, 3.8) is 0 Å². The van der Waals surface area contributed by atoms with E-state index in [1.165, 1.54) is 0 Å². The summed E-state index contributed by atoms with van der Waals surface area (Å²) in [7, 11) is 0. The Morgan fingerprint density at radius 3 is 2.76 bits per heavy atom. The van der Waals surface area contributed by atoms with Gasteiger partial charge < -0.3 is 19.6 Å². The zero-order chi connectivity index (χ0) is 15.2. The molecule has 21 heavy (non-hydrogen) atoms. The van der Waals surface area contributed by atoms with E-state index in [9.17, 15) is 9.59 Å². The minimum Gasteiger partial charge on any atom is -0.481 e. The maximum Gasteiger partial charge on any atom is 0.320 e. The minimum absolute atomic E-state index is 0.0306. The lowest BCUT2D eigenvalue weighted by molar-refractivity contribution is -0.138. The van der Waals surface area contributed by atoms with Gasteiger partial charge in [0.05, 0.1) is 6.10 Å². The number of rotatable bonds is 5. The van der Waals surface area contributed by atoms with Crippen LogP contribution in [0, 0.1) is 5.92 Å². The highest BCUT2D eigenvalue weighted by molar-refractivity contribution is 5.75. The summed E-state index contributed by atoms with van der Waals surface area (Å²) < 4.78 is 5.61. The molecule has 0 aromatic heterocycles. The van der Waals surface area contributed by atoms with Gasteiger partial charge in [-0.25, -0.2) is 4.79 Å². The Morgan fingerprint density at radius 1 is 1.33 bits per heavy atom. The molecule has 6 nitrogen and oxygen atoms in total. The van der Waals surface area contributed by atoms with Crippen LogP contribution in [0.1, 0.15) is 39.0 Å². The summed E-state index contributed by atoms with van der Waals surface area (Å²) in [4.78, 5) is 27.1. The second-order valence-electron chi connectivity index (χ2n) is 6.01. The van der Waals surface area contributed by atoms with Gasteiger partial charge in [-0.05, 0) is 38.5 Å². The van der Waals surface area contributed by atoms with Crippen molar-refractivity contribution >= 4 is 12.0 Å². The number of likely N-dealkylation sites (tertiary alicyclic amines) is 1. The van der Waals surface area contributed by atoms with Crippen LogP contribution in [-0.2, 0) is 9.53 Å². The molecule has 1 N–H and O–H groups in total. The number of carbonyl (C=O) groups excluding carboxylic acids is 1. The molecule has 2 atom stereocenters. The highest BCUT2D eigenvalue weighted by atomic mass is 16.5. The first kappa shape index (κ1) is 16.1. The molecule has 2 amide bonds. The summed E-state index contributed by atoms with van der Waals surface area (Å²) in [6.45, 7) is 5.38. The van der Waals surface area contributed by atoms with E-state index in [4.69, 9.17) is 9.84 Å². The van der Waals surface area contributed by atoms with Gasteiger partial charge in [0.15, 0.2) is 0 Å². The number of carboxylic acids is 1. The molecule has 0 aliphatic carbocycles. The van der Waals surface area contributed by atoms with E-state index >= 15 is 0 Å². The van der Waals surface area contributed by atoms with Gasteiger partial charge in [-0.2, -0.15) is 0 Å². The van der Waals surface area contributed by atoms with Gasteiger partial charge in [0.2, 0.25) is 0 Å². The Kier molecular flexibility index (Phi) is 5.85. The fraction of sp³-hybridized carbons (Fsp3) is 0.867. The van der Waals surface area contributed by atoms with Gasteiger partial charge in [-0.3, -0.25) is 4.79 Å². The maximum absolute atomic E-state index is 12.6. The maximum atomic E-state index is 12.6. The topological polar surface area (TPSA) is 70.1 Å². The number of amides is 2. The van der Waals surface area contributed by atoms with Crippen molar-refractivity contribution in [3.05, 3.63) is 0 Å². The van der Waals surface area contributed by atoms with Gasteiger partial charge in [0.25, 0.3) is 0 Å². The van der Waals surface area contributed by atoms with Crippen molar-refractivity contribution in [3.8, 4) is 0 Å². The summed E-state index contributed by atoms with van der Waals surface area (Å²) in [5.41, 5.74) is 0. The predicted molar refractivity (Wildman–Crippen MR) is 78.2 cm³/mol. The minimum atomic E-state index is -0.777. The van der Waals surface area contributed by atoms with Crippen molar-refractivity contribution in [2.24, 2.45) is 5.92 Å². The molecular weight excluding hydrogens is 272 g/mol. The molecular formula is C15H26N2O4. The first-order valence-electron chi connectivity index (χ1n) is 7.97. The average molecular weight is 298 g/mol. The van der Waals surface area contributed by atoms with Crippen LogP contribution in [0.4, 0.5) is 4.79 Å². The molecule has 0 radical (unpaired) electrons. The van der Waals surface area contributed by atoms with E-state index in [0.29, 0.717) is 19.6 Å². The van der Waals surface area contributed by atoms with Crippen LogP contribution in [0.3, 0.4) is 0 Å². The standard InChI is InChI=1S/C15H26N2O4/c1-2-16(11-13-6-4-8-21-13)15(20)17-7-3-5-12(10-17)9-14(18)19/h12-13H,2-11H2,1H3,(H,18,19). The Labute approximate surface area is 126 Å². The fourth-order valence-corrected chi connectivity index (χ4v) is 3.23. The molecule has 0 aromatic carbocycles. The number of hydrogen-bond acceptors (Lipinski definition) is 3. The normalized spacial score (nSPS) is 25.9. The number of carboxylic acid groups (broad SMARTS) is 1. The molecule has 0 aromatic rings. The molecule has 0 saturated carbocycles. The number of ether oxygens (including phenoxy) is 1. The number of piperidine rings is 1. The van der Waals surface area contributed by atoms with Crippen LogP contribution in [0.5, 0.6) is 0 Å². The van der Waals surface area contributed by atoms with Crippen molar-refractivity contribution in [2.75, 3.05) is 32.8 Å². The average Bonchev–Trinajstić information content (AvgIpc) is 2.96. The second-order valence-corrected chi connectivity index (χ2v) is 6.01. The molecule has 2 saturated heterocycles. The van der Waals surface area contributed by atoms with Gasteiger partial charge >= 0.3 is 12.0 Å². The first-order valence-corrected chi connectivity index (χ1v) is 7.97. The van der Waals surface area contributed by atoms with Gasteiger partial charge in [-0.1, -0.05) is 0 Å². The number of carbonyl (C=O) groups is 2. The molecule has 6 heteroatoms. The van der Waals surface area contributed by atoms with E-state index in [0.717, 1.165) is 38.8 Å². The number of urea groups is 1. The van der Waals surface area contributed by atoms with Gasteiger partial charge in [0.1, 0.15) is 0 Å². The van der Waals surface area contributed by atoms with E-state index < -0.39 is 5.97 Å². The number of hydrogen-bond donors (Lipinski definition) is 1. The summed E-state index contributed by atoms with van der Waals surface area (Å²) in [5, 5.41) is 8.91. The van der Waals surface area contributed by atoms with E-state index in [1.807, 2.05) is 16.7 Å². The van der Waals surface area contributed by atoms with Crippen molar-refractivity contribution in [1.29, 1.82) is 0 Å². The number of nitrogens with zero attached hydrogens (tertiary/aromatic N) is 2. The Hall–Kier alpha value is -1.30. The second kappa shape index (κ2) is 7.64. The lowest BCUT2D eigenvalue weighted by Crippen LogP contribution is -2.49. The monoisotopic (exact) mass is 298 g/mol. The van der Waals surface area contributed by atoms with Crippen molar-refractivity contribution in [1.82, 2.24) is 9.80 Å². The van der Waals surface area contributed by atoms with E-state index in [1.54, 1.807) is 0 Å². The zero-order valence-corrected chi connectivity index (χ0v) is 12.8. The van der Waals surface area contributed by atoms with Crippen LogP contribution in [0.15, 0.2) is 0 Å². The Bertz CT molecular complexity index is 369. The van der Waals surface area contributed by atoms with Crippen LogP contribution < -0.4 is 0 Å². The van der Waals surface area contributed by atoms with Crippen molar-refractivity contribution in [2.45, 2.75) is 45.1 Å². The summed E-state index contributed by atoms with van der Waals surface area (Å²) in [6, 6.07) is 0.0306. The third kappa shape index (κ3) is 4.59. The number of likely N-dealkylation sites (N-methyl/N-ethyl adjacent to an activating group) is 1. The highest BCUT2D eigenvalue weighted by Crippen LogP contribution is 2.21. The van der Waals surface area contributed by atoms with Crippen LogP contribution >= 0.6 is 0 Å². The van der Waals surface area contributed by atoms with Gasteiger partial charge in [-0.15, -0.1) is 0 Å². The summed E-state index contributed by atoms with van der Waals surface area (Å²) in [5.74, 6) is -0.692. The Balaban J connectivity index is 1.88. The third-order valence-electron chi connectivity index (χ3n) is 4.35. The lowest BCUT2D eigenvalue weighted by Gasteiger charge is -2.36. The van der Waals surface area contributed by atoms with Crippen LogP contribution in [0.2, 0.25) is 0 Å². The van der Waals surface area contributed by atoms with E-state index in [2.05, 4.69) is 0 Å². The molecule has 2 fully saturated rings. The van der Waals surface area contributed by atoms with E-state index in [-0.39, 0.29) is 24.5 Å². The molecule has 0 spiro atoms. The van der Waals surface area contributed by atoms with Crippen LogP contribution in [-0.4, -0.2) is 65.8 Å². The molecule has 2 heterocycles. The Morgan fingerprint density at radius 2 is 2.14 bits per heavy atom. The molecule has 2 aliphatic rings. The molecule has 2 aliphatic heterocycles. The molecule has 2 unspecified atom stereocenters. The quantitative estimate of drug-likeness (QED) is 0.840. The summed E-state index contributed by atoms with van der Waals surface area (Å²) in [6.07, 6.45) is 4.19. The largest absolute Gasteiger partial charge is 0.481 e. The van der Waals surface area contributed by atoms with Gasteiger partial charge in [0, 0.05) is 39.2 Å². The molecule has 120 valence electrons. The first-order chi connectivity index (χ1) is 10.1. The highest BCUT2D eigenvalue weighted by Gasteiger charge is 2.29. The summed E-state index contributed by atoms with van der Waals surface area (Å²) >= 11 is 0. The molecule has 2 rings (SSSR count). The predicted octanol–water partition coefficient (Wildman–Crippen LogP) is 1.79. The smallest absolute Gasteiger partial charge is 0.320 e. The third-order valence-corrected chi connectivity index (χ3v) is 4.35. The number of aliphatic carboxylic acids is 1. The lowest BCUT2D eigenvalue weighted by atomic mass is 9.95. The fourth-order valence-electron chi connectivity index (χ4n) is 3.23. The zero-order valence-electron chi connectivity index (χ0n) is 12.8. The van der Waals surface area contributed by atoms with Crippen LogP contribution in [0.25, 0.3) is 0 Å². The molecule has 0 bridgehead atoms.